The molecule has 0 aromatic rings. The highest BCUT2D eigenvalue weighted by atomic mass is 15.2. The van der Waals surface area contributed by atoms with E-state index in [-0.39, 0.29) is 0 Å². The molecule has 2 N–H and O–H groups in total. The van der Waals surface area contributed by atoms with Gasteiger partial charge in [-0.15, -0.1) is 0 Å². The van der Waals surface area contributed by atoms with Gasteiger partial charge in [0, 0.05) is 38.3 Å². The summed E-state index contributed by atoms with van der Waals surface area (Å²) in [6.45, 7) is 6.18. The first kappa shape index (κ1) is 11.0. The van der Waals surface area contributed by atoms with Crippen LogP contribution in [0.15, 0.2) is 0 Å². The molecule has 0 amide bonds. The lowest BCUT2D eigenvalue weighted by molar-refractivity contribution is 0.0545. The van der Waals surface area contributed by atoms with Gasteiger partial charge >= 0.3 is 0 Å². The Morgan fingerprint density at radius 3 is 2.56 bits per heavy atom. The van der Waals surface area contributed by atoms with Crippen molar-refractivity contribution in [1.82, 2.24) is 15.5 Å². The van der Waals surface area contributed by atoms with E-state index in [4.69, 9.17) is 0 Å². The Kier molecular flexibility index (Phi) is 3.46. The van der Waals surface area contributed by atoms with Crippen molar-refractivity contribution in [2.24, 2.45) is 5.92 Å². The first-order chi connectivity index (χ1) is 7.95. The molecule has 3 rings (SSSR count). The molecule has 2 heterocycles. The van der Waals surface area contributed by atoms with E-state index in [1.165, 1.54) is 64.8 Å². The molecule has 1 aliphatic carbocycles. The van der Waals surface area contributed by atoms with E-state index in [9.17, 15) is 0 Å². The number of nitrogens with one attached hydrogen (secondary N) is 2. The van der Waals surface area contributed by atoms with E-state index in [1.54, 1.807) is 0 Å². The molecule has 3 aliphatic rings. The molecule has 0 aromatic heterocycles. The molecule has 0 radical (unpaired) electrons. The molecule has 3 atom stereocenters. The highest BCUT2D eigenvalue weighted by Crippen LogP contribution is 2.33. The molecule has 0 aromatic carbocycles. The van der Waals surface area contributed by atoms with E-state index >= 15 is 0 Å². The average Bonchev–Trinajstić information content (AvgIpc) is 2.39. The fourth-order valence-corrected chi connectivity index (χ4v) is 3.97. The van der Waals surface area contributed by atoms with Crippen LogP contribution >= 0.6 is 0 Å². The van der Waals surface area contributed by atoms with Crippen molar-refractivity contribution in [3.8, 4) is 0 Å². The van der Waals surface area contributed by atoms with Crippen LogP contribution in [0.4, 0.5) is 0 Å². The van der Waals surface area contributed by atoms with Crippen molar-refractivity contribution in [1.29, 1.82) is 0 Å². The smallest absolute Gasteiger partial charge is 0.0151 e. The lowest BCUT2D eigenvalue weighted by Crippen LogP contribution is -2.59. The zero-order valence-corrected chi connectivity index (χ0v) is 10.3. The Balaban J connectivity index is 1.67. The third-order valence-corrected chi connectivity index (χ3v) is 4.78. The van der Waals surface area contributed by atoms with E-state index < -0.39 is 0 Å². The van der Waals surface area contributed by atoms with Gasteiger partial charge in [-0.25, -0.2) is 0 Å². The number of nitrogens with zero attached hydrogens (tertiary/aromatic N) is 1. The highest BCUT2D eigenvalue weighted by molar-refractivity contribution is 4.95. The van der Waals surface area contributed by atoms with Gasteiger partial charge in [0.05, 0.1) is 0 Å². The van der Waals surface area contributed by atoms with Gasteiger partial charge in [0.25, 0.3) is 0 Å². The fourth-order valence-electron chi connectivity index (χ4n) is 3.97. The largest absolute Gasteiger partial charge is 0.314 e. The first-order valence-corrected chi connectivity index (χ1v) is 7.13. The Hall–Kier alpha value is -0.120. The van der Waals surface area contributed by atoms with Gasteiger partial charge in [-0.3, -0.25) is 4.90 Å². The van der Waals surface area contributed by atoms with Crippen LogP contribution in [0.2, 0.25) is 0 Å². The van der Waals surface area contributed by atoms with E-state index in [0.29, 0.717) is 0 Å². The van der Waals surface area contributed by atoms with Crippen LogP contribution in [-0.2, 0) is 0 Å². The molecule has 0 bridgehead atoms. The normalized spacial score (nSPS) is 41.6. The standard InChI is InChI=1S/C13H25N3/c1-2-4-12-11(3-1)13(5-6-15-12)16-9-7-14-8-10-16/h11-15H,1-10H2/t11-,12-,13-/m1/s1. The second kappa shape index (κ2) is 5.03. The van der Waals surface area contributed by atoms with Crippen LogP contribution in [0, 0.1) is 5.92 Å². The molecule has 2 saturated heterocycles. The second-order valence-corrected chi connectivity index (χ2v) is 5.65. The van der Waals surface area contributed by atoms with Gasteiger partial charge < -0.3 is 10.6 Å². The number of piperidine rings is 1. The van der Waals surface area contributed by atoms with Crippen molar-refractivity contribution < 1.29 is 0 Å². The van der Waals surface area contributed by atoms with E-state index in [0.717, 1.165) is 18.0 Å². The zero-order chi connectivity index (χ0) is 10.8. The van der Waals surface area contributed by atoms with Crippen LogP contribution in [0.25, 0.3) is 0 Å². The van der Waals surface area contributed by atoms with Gasteiger partial charge in [-0.1, -0.05) is 12.8 Å². The lowest BCUT2D eigenvalue weighted by atomic mass is 9.75. The minimum atomic E-state index is 0.836. The summed E-state index contributed by atoms with van der Waals surface area (Å²) in [6, 6.07) is 1.72. The van der Waals surface area contributed by atoms with E-state index in [1.807, 2.05) is 0 Å². The summed E-state index contributed by atoms with van der Waals surface area (Å²) in [6.07, 6.45) is 7.18. The number of piperazine rings is 1. The van der Waals surface area contributed by atoms with Gasteiger partial charge in [-0.05, 0) is 31.7 Å². The molecule has 16 heavy (non-hydrogen) atoms. The summed E-state index contributed by atoms with van der Waals surface area (Å²) in [4.78, 5) is 2.76. The molecule has 2 aliphatic heterocycles. The van der Waals surface area contributed by atoms with Crippen molar-refractivity contribution in [3.63, 3.8) is 0 Å². The maximum atomic E-state index is 3.75. The highest BCUT2D eigenvalue weighted by Gasteiger charge is 2.37. The molecule has 3 fully saturated rings. The summed E-state index contributed by atoms with van der Waals surface area (Å²) in [5.41, 5.74) is 0. The van der Waals surface area contributed by atoms with Crippen LogP contribution < -0.4 is 10.6 Å². The predicted octanol–water partition coefficient (Wildman–Crippen LogP) is 0.812. The number of hydrogen-bond donors (Lipinski definition) is 2. The van der Waals surface area contributed by atoms with Crippen molar-refractivity contribution in [3.05, 3.63) is 0 Å². The molecule has 0 unspecified atom stereocenters. The lowest BCUT2D eigenvalue weighted by Gasteiger charge is -2.47. The van der Waals surface area contributed by atoms with Crippen LogP contribution in [0.5, 0.6) is 0 Å². The predicted molar refractivity (Wildman–Crippen MR) is 66.6 cm³/mol. The summed E-state index contributed by atoms with van der Waals surface area (Å²) >= 11 is 0. The number of hydrogen-bond acceptors (Lipinski definition) is 3. The quantitative estimate of drug-likeness (QED) is 0.689. The third kappa shape index (κ3) is 2.13. The van der Waals surface area contributed by atoms with Crippen molar-refractivity contribution in [2.75, 3.05) is 32.7 Å². The zero-order valence-electron chi connectivity index (χ0n) is 10.3. The number of fused-ring (bicyclic) bond motifs is 1. The van der Waals surface area contributed by atoms with Crippen molar-refractivity contribution in [2.45, 2.75) is 44.2 Å². The van der Waals surface area contributed by atoms with Gasteiger partial charge in [-0.2, -0.15) is 0 Å². The Labute approximate surface area is 99.0 Å². The molecular formula is C13H25N3. The second-order valence-electron chi connectivity index (χ2n) is 5.65. The monoisotopic (exact) mass is 223 g/mol. The average molecular weight is 223 g/mol. The van der Waals surface area contributed by atoms with Crippen LogP contribution in [0.1, 0.15) is 32.1 Å². The third-order valence-electron chi connectivity index (χ3n) is 4.78. The van der Waals surface area contributed by atoms with Gasteiger partial charge in [0.2, 0.25) is 0 Å². The molecule has 3 heteroatoms. The maximum absolute atomic E-state index is 3.75. The topological polar surface area (TPSA) is 27.3 Å². The minimum absolute atomic E-state index is 0.836. The minimum Gasteiger partial charge on any atom is -0.314 e. The molecule has 1 saturated carbocycles. The fraction of sp³-hybridized carbons (Fsp3) is 1.00. The number of rotatable bonds is 1. The Morgan fingerprint density at radius 1 is 0.875 bits per heavy atom. The molecule has 3 nitrogen and oxygen atoms in total. The van der Waals surface area contributed by atoms with Gasteiger partial charge in [0.15, 0.2) is 0 Å². The Morgan fingerprint density at radius 2 is 1.69 bits per heavy atom. The van der Waals surface area contributed by atoms with Crippen LogP contribution in [-0.4, -0.2) is 49.7 Å². The summed E-state index contributed by atoms with van der Waals surface area (Å²) in [7, 11) is 0. The Bertz CT molecular complexity index is 223. The van der Waals surface area contributed by atoms with Crippen molar-refractivity contribution >= 4 is 0 Å². The van der Waals surface area contributed by atoms with Gasteiger partial charge in [0.1, 0.15) is 0 Å². The molecule has 0 spiro atoms. The first-order valence-electron chi connectivity index (χ1n) is 7.13. The van der Waals surface area contributed by atoms with Crippen LogP contribution in [0.3, 0.4) is 0 Å². The SMILES string of the molecule is C1CC[C@H]2NCC[C@@H](N3CCNCC3)[C@@H]2C1. The summed E-state index contributed by atoms with van der Waals surface area (Å²) in [5.74, 6) is 0.945. The van der Waals surface area contributed by atoms with E-state index in [2.05, 4.69) is 15.5 Å². The molecule has 92 valence electrons. The molecular weight excluding hydrogens is 198 g/mol. The summed E-state index contributed by atoms with van der Waals surface area (Å²) in [5, 5.41) is 7.22. The summed E-state index contributed by atoms with van der Waals surface area (Å²) < 4.78 is 0. The maximum Gasteiger partial charge on any atom is 0.0151 e.